The Balaban J connectivity index is 1.51. The first-order valence-corrected chi connectivity index (χ1v) is 10.4. The molecule has 1 fully saturated rings. The Bertz CT molecular complexity index is 1050. The second kappa shape index (κ2) is 9.13. The lowest BCUT2D eigenvalue weighted by molar-refractivity contribution is 0.0662. The number of aryl methyl sites for hydroxylation is 2. The maximum Gasteiger partial charge on any atom is 0.254 e. The van der Waals surface area contributed by atoms with Crippen LogP contribution in [0.3, 0.4) is 0 Å². The van der Waals surface area contributed by atoms with E-state index in [1.54, 1.807) is 6.20 Å². The molecule has 0 radical (unpaired) electrons. The molecular formula is C22H27N7O2. The van der Waals surface area contributed by atoms with Crippen LogP contribution in [0.25, 0.3) is 0 Å². The summed E-state index contributed by atoms with van der Waals surface area (Å²) in [6.07, 6.45) is 7.00. The number of carbonyl (C=O) groups is 1. The molecule has 0 unspecified atom stereocenters. The molecular weight excluding hydrogens is 394 g/mol. The van der Waals surface area contributed by atoms with Gasteiger partial charge in [-0.3, -0.25) is 9.48 Å². The van der Waals surface area contributed by atoms with Gasteiger partial charge >= 0.3 is 0 Å². The van der Waals surface area contributed by atoms with Gasteiger partial charge in [0.2, 0.25) is 5.95 Å². The number of benzene rings is 1. The average Bonchev–Trinajstić information content (AvgIpc) is 3.22. The number of anilines is 3. The predicted octanol–water partition coefficient (Wildman–Crippen LogP) is 3.10. The van der Waals surface area contributed by atoms with E-state index in [0.29, 0.717) is 24.4 Å². The first-order valence-electron chi connectivity index (χ1n) is 10.4. The molecule has 0 atom stereocenters. The van der Waals surface area contributed by atoms with Gasteiger partial charge in [-0.1, -0.05) is 18.2 Å². The van der Waals surface area contributed by atoms with E-state index in [9.17, 15) is 4.79 Å². The molecule has 1 aromatic carbocycles. The molecule has 3 heterocycles. The maximum atomic E-state index is 11.9. The normalized spacial score (nSPS) is 14.4. The van der Waals surface area contributed by atoms with E-state index < -0.39 is 5.91 Å². The van der Waals surface area contributed by atoms with Gasteiger partial charge in [-0.05, 0) is 43.4 Å². The summed E-state index contributed by atoms with van der Waals surface area (Å²) < 4.78 is 7.36. The molecule has 1 saturated heterocycles. The third-order valence-electron chi connectivity index (χ3n) is 5.55. The SMILES string of the molecule is Cc1cccc(C)c1CNc1nc(Nc2cnn(C3CCOCC3)c2)ncc1C(N)=O. The molecule has 0 spiro atoms. The van der Waals surface area contributed by atoms with Crippen LogP contribution in [0.1, 0.15) is 45.9 Å². The quantitative estimate of drug-likeness (QED) is 0.536. The average molecular weight is 422 g/mol. The number of nitrogens with one attached hydrogen (secondary N) is 2. The van der Waals surface area contributed by atoms with Crippen molar-refractivity contribution < 1.29 is 9.53 Å². The molecule has 4 N–H and O–H groups in total. The van der Waals surface area contributed by atoms with Crippen LogP contribution < -0.4 is 16.4 Å². The van der Waals surface area contributed by atoms with E-state index >= 15 is 0 Å². The van der Waals surface area contributed by atoms with Gasteiger partial charge < -0.3 is 21.1 Å². The highest BCUT2D eigenvalue weighted by molar-refractivity contribution is 5.97. The van der Waals surface area contributed by atoms with Crippen molar-refractivity contribution in [2.24, 2.45) is 5.73 Å². The molecule has 162 valence electrons. The summed E-state index contributed by atoms with van der Waals surface area (Å²) in [4.78, 5) is 20.6. The molecule has 9 heteroatoms. The molecule has 31 heavy (non-hydrogen) atoms. The lowest BCUT2D eigenvalue weighted by Gasteiger charge is -2.22. The van der Waals surface area contributed by atoms with E-state index in [1.807, 2.05) is 16.9 Å². The number of amides is 1. The number of nitrogens with two attached hydrogens (primary N) is 1. The van der Waals surface area contributed by atoms with Gasteiger partial charge in [0, 0.05) is 32.2 Å². The standard InChI is InChI=1S/C22H27N7O2/c1-14-4-3-5-15(2)18(14)11-24-21-19(20(23)30)12-25-22(28-21)27-16-10-26-29(13-16)17-6-8-31-9-7-17/h3-5,10,12-13,17H,6-9,11H2,1-2H3,(H2,23,30)(H2,24,25,27,28). The number of ether oxygens (including phenoxy) is 1. The van der Waals surface area contributed by atoms with Crippen molar-refractivity contribution in [1.29, 1.82) is 0 Å². The van der Waals surface area contributed by atoms with Crippen molar-refractivity contribution in [3.05, 3.63) is 59.0 Å². The summed E-state index contributed by atoms with van der Waals surface area (Å²) in [6.45, 7) is 6.14. The third kappa shape index (κ3) is 4.83. The molecule has 0 aliphatic carbocycles. The summed E-state index contributed by atoms with van der Waals surface area (Å²) in [5.41, 5.74) is 10.0. The zero-order valence-corrected chi connectivity index (χ0v) is 17.8. The molecule has 9 nitrogen and oxygen atoms in total. The second-order valence-corrected chi connectivity index (χ2v) is 7.72. The van der Waals surface area contributed by atoms with Gasteiger partial charge in [0.15, 0.2) is 0 Å². The minimum absolute atomic E-state index is 0.245. The number of hydrogen-bond acceptors (Lipinski definition) is 7. The molecule has 1 aliphatic heterocycles. The van der Waals surface area contributed by atoms with E-state index in [2.05, 4.69) is 51.7 Å². The smallest absolute Gasteiger partial charge is 0.254 e. The van der Waals surface area contributed by atoms with Crippen LogP contribution in [0, 0.1) is 13.8 Å². The fraction of sp³-hybridized carbons (Fsp3) is 0.364. The van der Waals surface area contributed by atoms with Crippen LogP contribution in [-0.2, 0) is 11.3 Å². The summed E-state index contributed by atoms with van der Waals surface area (Å²) >= 11 is 0. The monoisotopic (exact) mass is 421 g/mol. The maximum absolute atomic E-state index is 11.9. The summed E-state index contributed by atoms with van der Waals surface area (Å²) in [6, 6.07) is 6.47. The third-order valence-corrected chi connectivity index (χ3v) is 5.55. The van der Waals surface area contributed by atoms with Gasteiger partial charge in [0.1, 0.15) is 5.82 Å². The van der Waals surface area contributed by atoms with Gasteiger partial charge in [-0.2, -0.15) is 10.1 Å². The van der Waals surface area contributed by atoms with Gasteiger partial charge in [-0.15, -0.1) is 0 Å². The van der Waals surface area contributed by atoms with Crippen molar-refractivity contribution in [2.45, 2.75) is 39.3 Å². The lowest BCUT2D eigenvalue weighted by atomic mass is 10.0. The Labute approximate surface area is 181 Å². The van der Waals surface area contributed by atoms with Crippen molar-refractivity contribution in [3.63, 3.8) is 0 Å². The van der Waals surface area contributed by atoms with Crippen LogP contribution >= 0.6 is 0 Å². The number of rotatable bonds is 7. The van der Waals surface area contributed by atoms with E-state index in [4.69, 9.17) is 10.5 Å². The number of carbonyl (C=O) groups excluding carboxylic acids is 1. The van der Waals surface area contributed by atoms with Gasteiger partial charge in [0.25, 0.3) is 5.91 Å². The van der Waals surface area contributed by atoms with Crippen LogP contribution in [0.15, 0.2) is 36.8 Å². The Morgan fingerprint density at radius 1 is 1.23 bits per heavy atom. The Morgan fingerprint density at radius 2 is 1.97 bits per heavy atom. The minimum Gasteiger partial charge on any atom is -0.381 e. The number of nitrogens with zero attached hydrogens (tertiary/aromatic N) is 4. The molecule has 4 rings (SSSR count). The van der Waals surface area contributed by atoms with E-state index in [0.717, 1.165) is 37.3 Å². The highest BCUT2D eigenvalue weighted by atomic mass is 16.5. The Kier molecular flexibility index (Phi) is 6.13. The predicted molar refractivity (Wildman–Crippen MR) is 118 cm³/mol. The first-order chi connectivity index (χ1) is 15.0. The van der Waals surface area contributed by atoms with E-state index in [1.165, 1.54) is 17.3 Å². The molecule has 3 aromatic rings. The number of primary amides is 1. The first kappa shape index (κ1) is 20.8. The van der Waals surface area contributed by atoms with Crippen LogP contribution in [-0.4, -0.2) is 38.9 Å². The summed E-state index contributed by atoms with van der Waals surface area (Å²) in [7, 11) is 0. The van der Waals surface area contributed by atoms with Crippen LogP contribution in [0.4, 0.5) is 17.5 Å². The summed E-state index contributed by atoms with van der Waals surface area (Å²) in [5, 5.41) is 10.9. The Hall–Kier alpha value is -3.46. The van der Waals surface area contributed by atoms with Crippen LogP contribution in [0.2, 0.25) is 0 Å². The van der Waals surface area contributed by atoms with Gasteiger partial charge in [-0.25, -0.2) is 4.98 Å². The topological polar surface area (TPSA) is 120 Å². The molecule has 0 bridgehead atoms. The van der Waals surface area contributed by atoms with E-state index in [-0.39, 0.29) is 5.56 Å². The minimum atomic E-state index is -0.581. The highest BCUT2D eigenvalue weighted by Crippen LogP contribution is 2.23. The van der Waals surface area contributed by atoms with Crippen molar-refractivity contribution >= 4 is 23.4 Å². The largest absolute Gasteiger partial charge is 0.381 e. The second-order valence-electron chi connectivity index (χ2n) is 7.72. The zero-order chi connectivity index (χ0) is 21.8. The molecule has 2 aromatic heterocycles. The summed E-state index contributed by atoms with van der Waals surface area (Å²) in [5.74, 6) is 0.174. The van der Waals surface area contributed by atoms with Crippen molar-refractivity contribution in [1.82, 2.24) is 19.7 Å². The fourth-order valence-electron chi connectivity index (χ4n) is 3.74. The Morgan fingerprint density at radius 3 is 2.68 bits per heavy atom. The zero-order valence-electron chi connectivity index (χ0n) is 17.8. The molecule has 1 aliphatic rings. The van der Waals surface area contributed by atoms with Crippen LogP contribution in [0.5, 0.6) is 0 Å². The number of hydrogen-bond donors (Lipinski definition) is 3. The lowest BCUT2D eigenvalue weighted by Crippen LogP contribution is -2.19. The van der Waals surface area contributed by atoms with Gasteiger partial charge in [0.05, 0.1) is 23.5 Å². The highest BCUT2D eigenvalue weighted by Gasteiger charge is 2.17. The fourth-order valence-corrected chi connectivity index (χ4v) is 3.74. The van der Waals surface area contributed by atoms with Crippen molar-refractivity contribution in [3.8, 4) is 0 Å². The number of aromatic nitrogens is 4. The molecule has 0 saturated carbocycles. The van der Waals surface area contributed by atoms with Crippen molar-refractivity contribution in [2.75, 3.05) is 23.8 Å². The molecule has 1 amide bonds.